The molecule has 1 aliphatic heterocycles. The first kappa shape index (κ1) is 39.5. The molecule has 0 bridgehead atoms. The van der Waals surface area contributed by atoms with Crippen LogP contribution in [0, 0.1) is 0 Å². The van der Waals surface area contributed by atoms with Gasteiger partial charge in [-0.25, -0.2) is 4.79 Å². The van der Waals surface area contributed by atoms with E-state index in [1.165, 1.54) is 37.1 Å². The predicted octanol–water partition coefficient (Wildman–Crippen LogP) is 7.39. The number of nitrogens with one attached hydrogen (secondary N) is 3. The Morgan fingerprint density at radius 2 is 1.57 bits per heavy atom. The van der Waals surface area contributed by atoms with Gasteiger partial charge in [0.1, 0.15) is 15.9 Å². The smallest absolute Gasteiger partial charge is 0.341 e. The van der Waals surface area contributed by atoms with Crippen molar-refractivity contribution in [2.45, 2.75) is 30.0 Å². The molecule has 0 spiro atoms. The maximum atomic E-state index is 14.2. The second kappa shape index (κ2) is 18.0. The minimum absolute atomic E-state index is 0.0440. The van der Waals surface area contributed by atoms with Crippen molar-refractivity contribution in [3.8, 4) is 0 Å². The van der Waals surface area contributed by atoms with Crippen molar-refractivity contribution >= 4 is 75.1 Å². The van der Waals surface area contributed by atoms with Crippen LogP contribution in [0.5, 0.6) is 0 Å². The number of nitrogens with zero attached hydrogens (tertiary/aromatic N) is 2. The lowest BCUT2D eigenvalue weighted by Crippen LogP contribution is -2.33. The van der Waals surface area contributed by atoms with Crippen molar-refractivity contribution < 1.29 is 28.7 Å². The fourth-order valence-corrected chi connectivity index (χ4v) is 8.45. The first-order valence-corrected chi connectivity index (χ1v) is 19.5. The molecule has 6 rings (SSSR count). The lowest BCUT2D eigenvalue weighted by Gasteiger charge is -2.25. The Labute approximate surface area is 333 Å². The van der Waals surface area contributed by atoms with E-state index >= 15 is 0 Å². The van der Waals surface area contributed by atoms with Crippen LogP contribution in [-0.2, 0) is 32.1 Å². The maximum Gasteiger partial charge on any atom is 0.341 e. The van der Waals surface area contributed by atoms with Gasteiger partial charge in [0.2, 0.25) is 11.8 Å². The highest BCUT2D eigenvalue weighted by atomic mass is 32.2. The minimum Gasteiger partial charge on any atom is -0.465 e. The van der Waals surface area contributed by atoms with E-state index in [-0.39, 0.29) is 17.5 Å². The zero-order valence-corrected chi connectivity index (χ0v) is 33.0. The number of anilines is 3. The first-order chi connectivity index (χ1) is 27.0. The number of hydrogen-bond donors (Lipinski definition) is 3. The van der Waals surface area contributed by atoms with E-state index in [1.54, 1.807) is 53.4 Å². The number of carbonyl (C=O) groups excluding carboxylic acids is 5. The number of carbonyl (C=O) groups is 5. The molecule has 4 amide bonds. The zero-order chi connectivity index (χ0) is 39.8. The SMILES string of the molecule is COC(=O)c1c(NC(=O)C(Sc2cccc(NC(=O)/C(=C\c3ccc(N(C)C)cc3)NC(=O)c3ccccc3)c2)c2ccccc2)sc2c1CCN(C(C)=O)C2. The fourth-order valence-electron chi connectivity index (χ4n) is 6.12. The third-order valence-electron chi connectivity index (χ3n) is 9.06. The highest BCUT2D eigenvalue weighted by Gasteiger charge is 2.32. The Kier molecular flexibility index (Phi) is 12.7. The number of hydrogen-bond acceptors (Lipinski definition) is 9. The predicted molar refractivity (Wildman–Crippen MR) is 222 cm³/mol. The summed E-state index contributed by atoms with van der Waals surface area (Å²) in [6.45, 7) is 2.32. The van der Waals surface area contributed by atoms with E-state index in [0.29, 0.717) is 51.8 Å². The average Bonchev–Trinajstić information content (AvgIpc) is 3.57. The lowest BCUT2D eigenvalue weighted by molar-refractivity contribution is -0.129. The Morgan fingerprint density at radius 3 is 2.23 bits per heavy atom. The summed E-state index contributed by atoms with van der Waals surface area (Å²) in [6.07, 6.45) is 2.09. The quantitative estimate of drug-likeness (QED) is 0.0677. The molecular weight excluding hydrogens is 747 g/mol. The topological polar surface area (TPSA) is 137 Å². The van der Waals surface area contributed by atoms with Gasteiger partial charge in [-0.1, -0.05) is 66.7 Å². The van der Waals surface area contributed by atoms with E-state index in [1.807, 2.05) is 85.7 Å². The number of amides is 4. The van der Waals surface area contributed by atoms with E-state index in [4.69, 9.17) is 4.74 Å². The Hall–Kier alpha value is -6.18. The highest BCUT2D eigenvalue weighted by molar-refractivity contribution is 8.00. The number of thiophene rings is 1. The second-order valence-corrected chi connectivity index (χ2v) is 15.4. The molecule has 1 aliphatic rings. The van der Waals surface area contributed by atoms with Gasteiger partial charge in [0.15, 0.2) is 0 Å². The molecule has 2 heterocycles. The number of methoxy groups -OCH3 is 1. The van der Waals surface area contributed by atoms with Gasteiger partial charge in [0, 0.05) is 54.3 Å². The molecule has 1 aromatic heterocycles. The molecule has 0 saturated heterocycles. The summed E-state index contributed by atoms with van der Waals surface area (Å²) in [5.41, 5.74) is 4.40. The van der Waals surface area contributed by atoms with Gasteiger partial charge in [0.25, 0.3) is 11.8 Å². The molecule has 5 aromatic rings. The zero-order valence-electron chi connectivity index (χ0n) is 31.3. The third-order valence-corrected chi connectivity index (χ3v) is 11.4. The van der Waals surface area contributed by atoms with Gasteiger partial charge < -0.3 is 30.5 Å². The molecule has 0 radical (unpaired) electrons. The summed E-state index contributed by atoms with van der Waals surface area (Å²) >= 11 is 2.55. The lowest BCUT2D eigenvalue weighted by atomic mass is 10.0. The number of benzene rings is 4. The fraction of sp³-hybridized carbons (Fsp3) is 0.186. The summed E-state index contributed by atoms with van der Waals surface area (Å²) in [6, 6.07) is 32.6. The van der Waals surface area contributed by atoms with E-state index in [0.717, 1.165) is 21.7 Å². The van der Waals surface area contributed by atoms with Gasteiger partial charge in [-0.2, -0.15) is 0 Å². The maximum absolute atomic E-state index is 14.2. The van der Waals surface area contributed by atoms with Crippen LogP contribution in [0.25, 0.3) is 6.08 Å². The molecule has 286 valence electrons. The average molecular weight is 788 g/mol. The van der Waals surface area contributed by atoms with E-state index < -0.39 is 23.0 Å². The Balaban J connectivity index is 1.25. The standard InChI is InChI=1S/C43H41N5O6S2/c1-27(49)48-23-22-34-36(26-48)56-42(37(34)43(53)54-4)46-41(52)38(29-12-7-5-8-13-29)55-33-17-11-16-31(25-33)44-40(51)35(45-39(50)30-14-9-6-10-15-30)24-28-18-20-32(21-19-28)47(2)3/h5-21,24-25,38H,22-23,26H2,1-4H3,(H,44,51)(H,45,50)(H,46,52)/b35-24+. The van der Waals surface area contributed by atoms with Gasteiger partial charge in [-0.15, -0.1) is 23.1 Å². The molecule has 0 aliphatic carbocycles. The minimum atomic E-state index is -0.758. The summed E-state index contributed by atoms with van der Waals surface area (Å²) in [5.74, 6) is -1.95. The summed E-state index contributed by atoms with van der Waals surface area (Å²) < 4.78 is 5.12. The second-order valence-electron chi connectivity index (χ2n) is 13.1. The van der Waals surface area contributed by atoms with E-state index in [2.05, 4.69) is 16.0 Å². The van der Waals surface area contributed by atoms with Crippen molar-refractivity contribution in [2.24, 2.45) is 0 Å². The van der Waals surface area contributed by atoms with Gasteiger partial charge in [-0.05, 0) is 71.7 Å². The largest absolute Gasteiger partial charge is 0.465 e. The van der Waals surface area contributed by atoms with Crippen LogP contribution in [0.3, 0.4) is 0 Å². The molecule has 4 aromatic carbocycles. The van der Waals surface area contributed by atoms with Gasteiger partial charge >= 0.3 is 5.97 Å². The number of rotatable bonds is 12. The Bertz CT molecular complexity index is 2270. The van der Waals surface area contributed by atoms with Crippen LogP contribution in [-0.4, -0.2) is 62.2 Å². The van der Waals surface area contributed by atoms with Crippen molar-refractivity contribution in [3.63, 3.8) is 0 Å². The molecule has 56 heavy (non-hydrogen) atoms. The van der Waals surface area contributed by atoms with Crippen LogP contribution in [0.2, 0.25) is 0 Å². The molecule has 13 heteroatoms. The van der Waals surface area contributed by atoms with Crippen LogP contribution in [0.15, 0.2) is 120 Å². The van der Waals surface area contributed by atoms with Crippen molar-refractivity contribution in [1.82, 2.24) is 10.2 Å². The van der Waals surface area contributed by atoms with Crippen molar-refractivity contribution in [2.75, 3.05) is 43.3 Å². The summed E-state index contributed by atoms with van der Waals surface area (Å²) in [7, 11) is 5.17. The summed E-state index contributed by atoms with van der Waals surface area (Å²) in [4.78, 5) is 71.6. The van der Waals surface area contributed by atoms with Crippen LogP contribution < -0.4 is 20.9 Å². The third kappa shape index (κ3) is 9.54. The molecule has 1 unspecified atom stereocenters. The van der Waals surface area contributed by atoms with Crippen LogP contribution in [0.1, 0.15) is 54.5 Å². The van der Waals surface area contributed by atoms with Crippen molar-refractivity contribution in [1.29, 1.82) is 0 Å². The summed E-state index contributed by atoms with van der Waals surface area (Å²) in [5, 5.41) is 8.31. The van der Waals surface area contributed by atoms with Gasteiger partial charge in [0.05, 0.1) is 19.2 Å². The normalized spacial score (nSPS) is 12.9. The Morgan fingerprint density at radius 1 is 0.875 bits per heavy atom. The van der Waals surface area contributed by atoms with Crippen LogP contribution >= 0.6 is 23.1 Å². The molecular formula is C43H41N5O6S2. The number of thioether (sulfide) groups is 1. The molecule has 0 saturated carbocycles. The van der Waals surface area contributed by atoms with Crippen LogP contribution in [0.4, 0.5) is 16.4 Å². The van der Waals surface area contributed by atoms with Gasteiger partial charge in [-0.3, -0.25) is 19.2 Å². The number of esters is 1. The molecule has 0 fully saturated rings. The highest BCUT2D eigenvalue weighted by Crippen LogP contribution is 2.41. The van der Waals surface area contributed by atoms with Crippen molar-refractivity contribution in [3.05, 3.63) is 148 Å². The molecule has 3 N–H and O–H groups in total. The molecule has 11 nitrogen and oxygen atoms in total. The first-order valence-electron chi connectivity index (χ1n) is 17.8. The van der Waals surface area contributed by atoms with E-state index in [9.17, 15) is 24.0 Å². The monoisotopic (exact) mass is 787 g/mol. The molecule has 1 atom stereocenters. The number of fused-ring (bicyclic) bond motifs is 1. The number of ether oxygens (including phenoxy) is 1.